The van der Waals surface area contributed by atoms with E-state index in [0.29, 0.717) is 31.5 Å². The van der Waals surface area contributed by atoms with Crippen LogP contribution >= 0.6 is 0 Å². The van der Waals surface area contributed by atoms with Crippen molar-refractivity contribution in [1.29, 1.82) is 0 Å². The van der Waals surface area contributed by atoms with Gasteiger partial charge in [0.05, 0.1) is 0 Å². The second-order valence-corrected chi connectivity index (χ2v) is 6.81. The van der Waals surface area contributed by atoms with Crippen LogP contribution in [0.15, 0.2) is 48.7 Å². The number of benzene rings is 2. The molecule has 4 nitrogen and oxygen atoms in total. The summed E-state index contributed by atoms with van der Waals surface area (Å²) in [5.74, 6) is -2.43. The fraction of sp³-hybridized carbons (Fsp3) is 0.238. The minimum Gasteiger partial charge on any atom is -0.360 e. The Morgan fingerprint density at radius 2 is 1.74 bits per heavy atom. The van der Waals surface area contributed by atoms with Gasteiger partial charge in [0.25, 0.3) is 5.91 Å². The second kappa shape index (κ2) is 6.95. The SMILES string of the molecule is O=C(c1c[nH]c2ccccc12)C1CCN(C(=O)c2ccc(F)c(F)c2)CC1. The van der Waals surface area contributed by atoms with E-state index in [1.807, 2.05) is 24.3 Å². The zero-order chi connectivity index (χ0) is 19.0. The van der Waals surface area contributed by atoms with Crippen molar-refractivity contribution in [3.05, 3.63) is 71.4 Å². The van der Waals surface area contributed by atoms with Crippen molar-refractivity contribution in [3.63, 3.8) is 0 Å². The summed E-state index contributed by atoms with van der Waals surface area (Å²) >= 11 is 0. The quantitative estimate of drug-likeness (QED) is 0.705. The minimum absolute atomic E-state index is 0.0763. The van der Waals surface area contributed by atoms with E-state index in [4.69, 9.17) is 0 Å². The van der Waals surface area contributed by atoms with Crippen molar-refractivity contribution in [2.45, 2.75) is 12.8 Å². The Balaban J connectivity index is 1.44. The van der Waals surface area contributed by atoms with Crippen LogP contribution in [0.4, 0.5) is 8.78 Å². The van der Waals surface area contributed by atoms with Crippen LogP contribution in [0.1, 0.15) is 33.6 Å². The molecule has 6 heteroatoms. The molecule has 0 unspecified atom stereocenters. The lowest BCUT2D eigenvalue weighted by Crippen LogP contribution is -2.40. The van der Waals surface area contributed by atoms with Gasteiger partial charge >= 0.3 is 0 Å². The van der Waals surface area contributed by atoms with Gasteiger partial charge in [-0.05, 0) is 37.1 Å². The van der Waals surface area contributed by atoms with Gasteiger partial charge in [-0.1, -0.05) is 18.2 Å². The van der Waals surface area contributed by atoms with Crippen molar-refractivity contribution < 1.29 is 18.4 Å². The van der Waals surface area contributed by atoms with E-state index in [1.165, 1.54) is 6.07 Å². The van der Waals surface area contributed by atoms with Crippen LogP contribution < -0.4 is 0 Å². The van der Waals surface area contributed by atoms with Gasteiger partial charge in [0.15, 0.2) is 17.4 Å². The molecule has 1 aliphatic rings. The summed E-state index contributed by atoms with van der Waals surface area (Å²) in [4.78, 5) is 30.1. The number of ketones is 1. The first-order valence-corrected chi connectivity index (χ1v) is 8.89. The Labute approximate surface area is 154 Å². The minimum atomic E-state index is -1.04. The molecule has 0 atom stereocenters. The zero-order valence-electron chi connectivity index (χ0n) is 14.5. The van der Waals surface area contributed by atoms with Gasteiger partial charge < -0.3 is 9.88 Å². The molecular formula is C21H18F2N2O2. The van der Waals surface area contributed by atoms with Gasteiger partial charge in [0, 0.05) is 47.2 Å². The monoisotopic (exact) mass is 368 g/mol. The molecule has 1 amide bonds. The van der Waals surface area contributed by atoms with Crippen LogP contribution in [0, 0.1) is 17.6 Å². The Bertz CT molecular complexity index is 1020. The average Bonchev–Trinajstić information content (AvgIpc) is 3.13. The molecule has 4 rings (SSSR count). The third-order valence-electron chi connectivity index (χ3n) is 5.17. The number of para-hydroxylation sites is 1. The third kappa shape index (κ3) is 3.23. The highest BCUT2D eigenvalue weighted by molar-refractivity contribution is 6.09. The third-order valence-corrected chi connectivity index (χ3v) is 5.17. The predicted octanol–water partition coefficient (Wildman–Crippen LogP) is 4.18. The van der Waals surface area contributed by atoms with Crippen LogP contribution in [0.3, 0.4) is 0 Å². The largest absolute Gasteiger partial charge is 0.360 e. The predicted molar refractivity (Wildman–Crippen MR) is 97.6 cm³/mol. The van der Waals surface area contributed by atoms with Crippen molar-refractivity contribution >= 4 is 22.6 Å². The van der Waals surface area contributed by atoms with Crippen LogP contribution in [-0.4, -0.2) is 34.7 Å². The van der Waals surface area contributed by atoms with Crippen molar-refractivity contribution in [3.8, 4) is 0 Å². The van der Waals surface area contributed by atoms with E-state index in [9.17, 15) is 18.4 Å². The molecule has 138 valence electrons. The lowest BCUT2D eigenvalue weighted by Gasteiger charge is -2.31. The van der Waals surface area contributed by atoms with Crippen molar-refractivity contribution in [2.24, 2.45) is 5.92 Å². The van der Waals surface area contributed by atoms with Gasteiger partial charge in [-0.15, -0.1) is 0 Å². The fourth-order valence-corrected chi connectivity index (χ4v) is 3.65. The molecule has 0 aliphatic carbocycles. The molecule has 1 N–H and O–H groups in total. The highest BCUT2D eigenvalue weighted by Gasteiger charge is 2.29. The van der Waals surface area contributed by atoms with Crippen LogP contribution in [-0.2, 0) is 0 Å². The molecule has 1 saturated heterocycles. The molecule has 0 radical (unpaired) electrons. The summed E-state index contributed by atoms with van der Waals surface area (Å²) in [7, 11) is 0. The number of carbonyl (C=O) groups excluding carboxylic acids is 2. The van der Waals surface area contributed by atoms with E-state index in [-0.39, 0.29) is 23.2 Å². The number of hydrogen-bond donors (Lipinski definition) is 1. The number of nitrogens with zero attached hydrogens (tertiary/aromatic N) is 1. The average molecular weight is 368 g/mol. The molecule has 0 bridgehead atoms. The standard InChI is InChI=1S/C21H18F2N2O2/c22-17-6-5-14(11-18(17)23)21(27)25-9-7-13(8-10-25)20(26)16-12-24-19-4-2-1-3-15(16)19/h1-6,11-13,24H,7-10H2. The van der Waals surface area contributed by atoms with Crippen molar-refractivity contribution in [1.82, 2.24) is 9.88 Å². The van der Waals surface area contributed by atoms with E-state index in [0.717, 1.165) is 23.0 Å². The first-order valence-electron chi connectivity index (χ1n) is 8.89. The van der Waals surface area contributed by atoms with Crippen LogP contribution in [0.25, 0.3) is 10.9 Å². The number of nitrogens with one attached hydrogen (secondary N) is 1. The summed E-state index contributed by atoms with van der Waals surface area (Å²) < 4.78 is 26.4. The molecule has 3 aromatic rings. The number of piperidine rings is 1. The van der Waals surface area contributed by atoms with Crippen LogP contribution in [0.2, 0.25) is 0 Å². The molecule has 2 heterocycles. The second-order valence-electron chi connectivity index (χ2n) is 6.81. The maximum absolute atomic E-state index is 13.4. The number of carbonyl (C=O) groups is 2. The fourth-order valence-electron chi connectivity index (χ4n) is 3.65. The first-order chi connectivity index (χ1) is 13.0. The van der Waals surface area contributed by atoms with Crippen molar-refractivity contribution in [2.75, 3.05) is 13.1 Å². The van der Waals surface area contributed by atoms with Gasteiger partial charge in [-0.2, -0.15) is 0 Å². The smallest absolute Gasteiger partial charge is 0.253 e. The lowest BCUT2D eigenvalue weighted by molar-refractivity contribution is 0.0650. The number of aromatic amines is 1. The van der Waals surface area contributed by atoms with Gasteiger partial charge in [-0.3, -0.25) is 9.59 Å². The Morgan fingerprint density at radius 1 is 1.00 bits per heavy atom. The van der Waals surface area contributed by atoms with Gasteiger partial charge in [-0.25, -0.2) is 8.78 Å². The molecule has 2 aromatic carbocycles. The Kier molecular flexibility index (Phi) is 4.48. The highest BCUT2D eigenvalue weighted by atomic mass is 19.2. The van der Waals surface area contributed by atoms with E-state index in [2.05, 4.69) is 4.98 Å². The number of H-pyrrole nitrogens is 1. The number of rotatable bonds is 3. The molecule has 1 aromatic heterocycles. The number of fused-ring (bicyclic) bond motifs is 1. The number of amides is 1. The number of halogens is 2. The molecule has 27 heavy (non-hydrogen) atoms. The summed E-state index contributed by atoms with van der Waals surface area (Å²) in [6.07, 6.45) is 2.84. The zero-order valence-corrected chi connectivity index (χ0v) is 14.5. The summed E-state index contributed by atoms with van der Waals surface area (Å²) in [5, 5.41) is 0.905. The van der Waals surface area contributed by atoms with E-state index < -0.39 is 11.6 Å². The molecule has 0 spiro atoms. The lowest BCUT2D eigenvalue weighted by atomic mass is 9.88. The number of aromatic nitrogens is 1. The van der Waals surface area contributed by atoms with Gasteiger partial charge in [0.1, 0.15) is 0 Å². The molecular weight excluding hydrogens is 350 g/mol. The first kappa shape index (κ1) is 17.4. The summed E-state index contributed by atoms with van der Waals surface area (Å²) in [6.45, 7) is 0.827. The number of Topliss-reactive ketones (excluding diaryl/α,β-unsaturated/α-hetero) is 1. The molecule has 1 aliphatic heterocycles. The number of hydrogen-bond acceptors (Lipinski definition) is 2. The van der Waals surface area contributed by atoms with Gasteiger partial charge in [0.2, 0.25) is 0 Å². The van der Waals surface area contributed by atoms with E-state index in [1.54, 1.807) is 11.1 Å². The van der Waals surface area contributed by atoms with E-state index >= 15 is 0 Å². The maximum atomic E-state index is 13.4. The van der Waals surface area contributed by atoms with Crippen LogP contribution in [0.5, 0.6) is 0 Å². The Morgan fingerprint density at radius 3 is 2.48 bits per heavy atom. The highest BCUT2D eigenvalue weighted by Crippen LogP contribution is 2.27. The number of likely N-dealkylation sites (tertiary alicyclic amines) is 1. The molecule has 1 fully saturated rings. The topological polar surface area (TPSA) is 53.2 Å². The normalized spacial score (nSPS) is 15.3. The Hall–Kier alpha value is -3.02. The summed E-state index contributed by atoms with van der Waals surface area (Å²) in [6, 6.07) is 10.8. The molecule has 0 saturated carbocycles. The summed E-state index contributed by atoms with van der Waals surface area (Å²) in [5.41, 5.74) is 1.72. The maximum Gasteiger partial charge on any atom is 0.253 e.